The third-order valence-corrected chi connectivity index (χ3v) is 5.44. The highest BCUT2D eigenvalue weighted by atomic mass is 16.6. The Balaban J connectivity index is 1.67. The topological polar surface area (TPSA) is 64.3 Å². The van der Waals surface area contributed by atoms with E-state index >= 15 is 0 Å². The van der Waals surface area contributed by atoms with E-state index in [1.54, 1.807) is 0 Å². The molecule has 0 aliphatic heterocycles. The molecule has 0 aromatic heterocycles. The molecule has 4 heteroatoms. The lowest BCUT2D eigenvalue weighted by molar-refractivity contribution is -0.140. The van der Waals surface area contributed by atoms with Crippen LogP contribution in [-0.2, 0) is 9.63 Å². The number of nitrogens with two attached hydrogens (primary N) is 1. The van der Waals surface area contributed by atoms with Crippen molar-refractivity contribution in [1.29, 1.82) is 0 Å². The SMILES string of the molecule is CC(C)(CON)NC(=O)C1C2CC3CC(C2)CC1C3. The third kappa shape index (κ3) is 2.52. The molecule has 0 radical (unpaired) electrons. The van der Waals surface area contributed by atoms with Crippen LogP contribution in [0.3, 0.4) is 0 Å². The highest BCUT2D eigenvalue weighted by Gasteiger charge is 2.51. The van der Waals surface area contributed by atoms with E-state index in [1.807, 2.05) is 13.8 Å². The Morgan fingerprint density at radius 3 is 2.16 bits per heavy atom. The minimum absolute atomic E-state index is 0.232. The Kier molecular flexibility index (Phi) is 3.34. The van der Waals surface area contributed by atoms with Crippen molar-refractivity contribution >= 4 is 5.91 Å². The lowest BCUT2D eigenvalue weighted by Gasteiger charge is -2.54. The van der Waals surface area contributed by atoms with Gasteiger partial charge in [-0.15, -0.1) is 0 Å². The van der Waals surface area contributed by atoms with Crippen LogP contribution in [0, 0.1) is 29.6 Å². The Bertz CT molecular complexity index is 339. The summed E-state index contributed by atoms with van der Waals surface area (Å²) in [4.78, 5) is 17.3. The van der Waals surface area contributed by atoms with Crippen LogP contribution in [0.25, 0.3) is 0 Å². The lowest BCUT2D eigenvalue weighted by atomic mass is 9.51. The van der Waals surface area contributed by atoms with Gasteiger partial charge in [0.2, 0.25) is 5.91 Å². The Labute approximate surface area is 115 Å². The molecular weight excluding hydrogens is 240 g/mol. The molecule has 4 aliphatic carbocycles. The molecule has 0 unspecified atom stereocenters. The van der Waals surface area contributed by atoms with Crippen LogP contribution in [0.15, 0.2) is 0 Å². The van der Waals surface area contributed by atoms with Gasteiger partial charge < -0.3 is 10.2 Å². The van der Waals surface area contributed by atoms with Crippen LogP contribution in [0.5, 0.6) is 0 Å². The van der Waals surface area contributed by atoms with E-state index in [9.17, 15) is 4.79 Å². The molecule has 4 rings (SSSR count). The molecule has 4 nitrogen and oxygen atoms in total. The first-order valence-corrected chi connectivity index (χ1v) is 7.62. The minimum Gasteiger partial charge on any atom is -0.349 e. The van der Waals surface area contributed by atoms with E-state index in [0.29, 0.717) is 18.4 Å². The van der Waals surface area contributed by atoms with Gasteiger partial charge in [0, 0.05) is 5.92 Å². The molecule has 4 aliphatic rings. The first-order chi connectivity index (χ1) is 8.98. The number of rotatable bonds is 4. The Morgan fingerprint density at radius 2 is 1.68 bits per heavy atom. The monoisotopic (exact) mass is 266 g/mol. The molecule has 0 aromatic carbocycles. The minimum atomic E-state index is -0.375. The second kappa shape index (κ2) is 4.74. The molecule has 4 saturated carbocycles. The summed E-state index contributed by atoms with van der Waals surface area (Å²) in [5, 5.41) is 3.14. The summed E-state index contributed by atoms with van der Waals surface area (Å²) in [6.07, 6.45) is 6.53. The van der Waals surface area contributed by atoms with Gasteiger partial charge in [0.1, 0.15) is 0 Å². The van der Waals surface area contributed by atoms with Crippen LogP contribution in [0.2, 0.25) is 0 Å². The lowest BCUT2D eigenvalue weighted by Crippen LogP contribution is -2.56. The Hall–Kier alpha value is -0.610. The number of carbonyl (C=O) groups excluding carboxylic acids is 1. The quantitative estimate of drug-likeness (QED) is 0.763. The van der Waals surface area contributed by atoms with Gasteiger partial charge in [-0.1, -0.05) is 0 Å². The van der Waals surface area contributed by atoms with Crippen molar-refractivity contribution in [2.45, 2.75) is 51.5 Å². The first kappa shape index (κ1) is 13.4. The molecule has 0 atom stereocenters. The molecule has 108 valence electrons. The van der Waals surface area contributed by atoms with Crippen molar-refractivity contribution in [3.8, 4) is 0 Å². The first-order valence-electron chi connectivity index (χ1n) is 7.62. The van der Waals surface area contributed by atoms with Gasteiger partial charge in [-0.3, -0.25) is 4.79 Å². The maximum absolute atomic E-state index is 12.6. The molecule has 19 heavy (non-hydrogen) atoms. The van der Waals surface area contributed by atoms with Gasteiger partial charge in [0.25, 0.3) is 0 Å². The maximum Gasteiger partial charge on any atom is 0.224 e. The smallest absolute Gasteiger partial charge is 0.224 e. The highest BCUT2D eigenvalue weighted by Crippen LogP contribution is 2.56. The summed E-state index contributed by atoms with van der Waals surface area (Å²) in [5.41, 5.74) is -0.375. The largest absolute Gasteiger partial charge is 0.349 e. The number of nitrogens with one attached hydrogen (secondary N) is 1. The predicted molar refractivity (Wildman–Crippen MR) is 72.9 cm³/mol. The number of hydrogen-bond acceptors (Lipinski definition) is 3. The van der Waals surface area contributed by atoms with Crippen molar-refractivity contribution in [3.05, 3.63) is 0 Å². The number of hydrogen-bond donors (Lipinski definition) is 2. The summed E-state index contributed by atoms with van der Waals surface area (Å²) in [6.45, 7) is 4.29. The van der Waals surface area contributed by atoms with Crippen LogP contribution in [0.4, 0.5) is 0 Å². The number of amides is 1. The summed E-state index contributed by atoms with van der Waals surface area (Å²) in [6, 6.07) is 0. The molecule has 0 spiro atoms. The van der Waals surface area contributed by atoms with Gasteiger partial charge >= 0.3 is 0 Å². The third-order valence-electron chi connectivity index (χ3n) is 5.44. The zero-order valence-electron chi connectivity index (χ0n) is 12.0. The van der Waals surface area contributed by atoms with E-state index in [2.05, 4.69) is 5.32 Å². The fourth-order valence-corrected chi connectivity index (χ4v) is 5.01. The molecule has 0 heterocycles. The van der Waals surface area contributed by atoms with Crippen LogP contribution < -0.4 is 11.2 Å². The summed E-state index contributed by atoms with van der Waals surface area (Å²) in [5.74, 6) is 8.69. The van der Waals surface area contributed by atoms with Crippen LogP contribution >= 0.6 is 0 Å². The zero-order valence-corrected chi connectivity index (χ0v) is 12.0. The second-order valence-corrected chi connectivity index (χ2v) is 7.64. The zero-order chi connectivity index (χ0) is 13.6. The van der Waals surface area contributed by atoms with Crippen molar-refractivity contribution in [1.82, 2.24) is 5.32 Å². The van der Waals surface area contributed by atoms with Crippen molar-refractivity contribution < 1.29 is 9.63 Å². The average molecular weight is 266 g/mol. The highest BCUT2D eigenvalue weighted by molar-refractivity contribution is 5.80. The summed E-state index contributed by atoms with van der Waals surface area (Å²) in [7, 11) is 0. The number of carbonyl (C=O) groups is 1. The molecular formula is C15H26N2O2. The van der Waals surface area contributed by atoms with Gasteiger partial charge in [-0.05, 0) is 69.6 Å². The second-order valence-electron chi connectivity index (χ2n) is 7.64. The molecule has 1 amide bonds. The van der Waals surface area contributed by atoms with E-state index in [0.717, 1.165) is 11.8 Å². The fraction of sp³-hybridized carbons (Fsp3) is 0.933. The van der Waals surface area contributed by atoms with Gasteiger partial charge in [-0.2, -0.15) is 0 Å². The average Bonchev–Trinajstić information content (AvgIpc) is 2.25. The van der Waals surface area contributed by atoms with Crippen molar-refractivity contribution in [2.75, 3.05) is 6.61 Å². The van der Waals surface area contributed by atoms with Crippen LogP contribution in [0.1, 0.15) is 46.0 Å². The van der Waals surface area contributed by atoms with Gasteiger partial charge in [0.05, 0.1) is 12.1 Å². The fourth-order valence-electron chi connectivity index (χ4n) is 5.01. The van der Waals surface area contributed by atoms with E-state index in [1.165, 1.54) is 32.1 Å². The normalized spacial score (nSPS) is 40.5. The molecule has 3 N–H and O–H groups in total. The summed E-state index contributed by atoms with van der Waals surface area (Å²) >= 11 is 0. The van der Waals surface area contributed by atoms with E-state index in [4.69, 9.17) is 10.7 Å². The molecule has 4 bridgehead atoms. The maximum atomic E-state index is 12.6. The molecule has 0 saturated heterocycles. The van der Waals surface area contributed by atoms with Crippen molar-refractivity contribution in [3.63, 3.8) is 0 Å². The molecule has 4 fully saturated rings. The molecule has 0 aromatic rings. The summed E-state index contributed by atoms with van der Waals surface area (Å²) < 4.78 is 0. The van der Waals surface area contributed by atoms with Crippen LogP contribution in [-0.4, -0.2) is 18.1 Å². The van der Waals surface area contributed by atoms with E-state index < -0.39 is 0 Å². The Morgan fingerprint density at radius 1 is 1.16 bits per heavy atom. The van der Waals surface area contributed by atoms with E-state index in [-0.39, 0.29) is 17.4 Å². The standard InChI is InChI=1S/C15H26N2O2/c1-15(2,8-19-16)17-14(18)13-11-4-9-3-10(6-11)7-12(13)5-9/h9-13H,3-8,16H2,1-2H3,(H,17,18). The predicted octanol–water partition coefficient (Wildman–Crippen LogP) is 1.84. The van der Waals surface area contributed by atoms with Gasteiger partial charge in [-0.25, -0.2) is 5.90 Å². The van der Waals surface area contributed by atoms with Gasteiger partial charge in [0.15, 0.2) is 0 Å². The van der Waals surface area contributed by atoms with Crippen molar-refractivity contribution in [2.24, 2.45) is 35.5 Å².